The highest BCUT2D eigenvalue weighted by molar-refractivity contribution is 7.92. The minimum atomic E-state index is -3.22. The molecule has 0 saturated carbocycles. The minimum Gasteiger partial charge on any atom is -0.381 e. The third-order valence-electron chi connectivity index (χ3n) is 5.12. The Bertz CT molecular complexity index is 718. The van der Waals surface area contributed by atoms with Gasteiger partial charge in [0, 0.05) is 31.8 Å². The number of anilines is 1. The van der Waals surface area contributed by atoms with Gasteiger partial charge in [-0.15, -0.1) is 0 Å². The fraction of sp³-hybridized carbons (Fsp3) is 0.632. The second-order valence-electron chi connectivity index (χ2n) is 7.06. The first-order valence-electron chi connectivity index (χ1n) is 9.49. The smallest absolute Gasteiger partial charge is 0.253 e. The number of carbonyl (C=O) groups is 1. The number of hydrogen-bond donors (Lipinski definition) is 0. The summed E-state index contributed by atoms with van der Waals surface area (Å²) in [6, 6.07) is 6.98. The van der Waals surface area contributed by atoms with E-state index in [1.807, 2.05) is 11.8 Å². The molecule has 1 aromatic rings. The molecule has 2 fully saturated rings. The molecular formula is C19H28N2O4S. The molecule has 0 bridgehead atoms. The number of rotatable bonds is 5. The summed E-state index contributed by atoms with van der Waals surface area (Å²) in [6.07, 6.45) is 3.67. The highest BCUT2D eigenvalue weighted by Crippen LogP contribution is 2.25. The van der Waals surface area contributed by atoms with Gasteiger partial charge in [0.15, 0.2) is 0 Å². The van der Waals surface area contributed by atoms with Gasteiger partial charge < -0.3 is 9.64 Å². The molecule has 2 aliphatic heterocycles. The Morgan fingerprint density at radius 1 is 1.15 bits per heavy atom. The van der Waals surface area contributed by atoms with Crippen molar-refractivity contribution in [3.05, 3.63) is 29.8 Å². The van der Waals surface area contributed by atoms with Crippen LogP contribution >= 0.6 is 0 Å². The van der Waals surface area contributed by atoms with E-state index in [1.54, 1.807) is 24.3 Å². The third-order valence-corrected chi connectivity index (χ3v) is 6.98. The molecule has 0 radical (unpaired) electrons. The predicted molar refractivity (Wildman–Crippen MR) is 102 cm³/mol. The van der Waals surface area contributed by atoms with E-state index in [0.29, 0.717) is 43.3 Å². The normalized spacial score (nSPS) is 23.0. The van der Waals surface area contributed by atoms with Crippen molar-refractivity contribution in [3.63, 3.8) is 0 Å². The monoisotopic (exact) mass is 380 g/mol. The highest BCUT2D eigenvalue weighted by atomic mass is 32.2. The van der Waals surface area contributed by atoms with E-state index in [0.717, 1.165) is 32.4 Å². The van der Waals surface area contributed by atoms with Crippen molar-refractivity contribution in [2.45, 2.75) is 32.6 Å². The van der Waals surface area contributed by atoms with E-state index < -0.39 is 10.0 Å². The number of amides is 1. The fourth-order valence-corrected chi connectivity index (χ4v) is 5.34. The maximum Gasteiger partial charge on any atom is 0.253 e. The number of hydrogen-bond acceptors (Lipinski definition) is 4. The maximum atomic E-state index is 12.8. The van der Waals surface area contributed by atoms with Crippen LogP contribution < -0.4 is 4.31 Å². The van der Waals surface area contributed by atoms with Crippen molar-refractivity contribution >= 4 is 21.6 Å². The summed E-state index contributed by atoms with van der Waals surface area (Å²) in [5.41, 5.74) is 1.26. The van der Waals surface area contributed by atoms with Crippen LogP contribution in [-0.2, 0) is 14.8 Å². The highest BCUT2D eigenvalue weighted by Gasteiger charge is 2.27. The lowest BCUT2D eigenvalue weighted by atomic mass is 9.98. The summed E-state index contributed by atoms with van der Waals surface area (Å²) in [5, 5.41) is 0. The Morgan fingerprint density at radius 3 is 2.62 bits per heavy atom. The van der Waals surface area contributed by atoms with Crippen LogP contribution in [0.3, 0.4) is 0 Å². The van der Waals surface area contributed by atoms with Crippen molar-refractivity contribution in [2.24, 2.45) is 5.92 Å². The molecule has 3 rings (SSSR count). The average Bonchev–Trinajstić information content (AvgIpc) is 2.66. The van der Waals surface area contributed by atoms with Crippen LogP contribution in [0.2, 0.25) is 0 Å². The molecule has 2 saturated heterocycles. The first-order valence-corrected chi connectivity index (χ1v) is 11.1. The summed E-state index contributed by atoms with van der Waals surface area (Å²) < 4.78 is 31.4. The van der Waals surface area contributed by atoms with Gasteiger partial charge in [0.2, 0.25) is 10.0 Å². The van der Waals surface area contributed by atoms with Crippen LogP contribution in [0.5, 0.6) is 0 Å². The Labute approximate surface area is 156 Å². The van der Waals surface area contributed by atoms with E-state index in [2.05, 4.69) is 0 Å². The SMILES string of the molecule is CCOCC1CCCN(C(=O)c2ccc(N3CCCCS3(=O)=O)cc2)C1. The zero-order chi connectivity index (χ0) is 18.6. The maximum absolute atomic E-state index is 12.8. The Kier molecular flexibility index (Phi) is 6.19. The molecule has 1 unspecified atom stereocenters. The number of nitrogens with zero attached hydrogens (tertiary/aromatic N) is 2. The number of piperidine rings is 1. The molecule has 2 heterocycles. The van der Waals surface area contributed by atoms with Gasteiger partial charge in [-0.25, -0.2) is 8.42 Å². The molecule has 0 N–H and O–H groups in total. The first-order chi connectivity index (χ1) is 12.5. The summed E-state index contributed by atoms with van der Waals surface area (Å²) in [5.74, 6) is 0.604. The van der Waals surface area contributed by atoms with Crippen LogP contribution in [0.4, 0.5) is 5.69 Å². The van der Waals surface area contributed by atoms with Gasteiger partial charge in [-0.05, 0) is 62.8 Å². The van der Waals surface area contributed by atoms with Crippen LogP contribution in [0.15, 0.2) is 24.3 Å². The topological polar surface area (TPSA) is 66.9 Å². The molecule has 1 aromatic carbocycles. The van der Waals surface area contributed by atoms with Gasteiger partial charge >= 0.3 is 0 Å². The van der Waals surface area contributed by atoms with Gasteiger partial charge in [0.25, 0.3) is 5.91 Å². The van der Waals surface area contributed by atoms with Crippen LogP contribution in [-0.4, -0.2) is 57.8 Å². The molecular weight excluding hydrogens is 352 g/mol. The molecule has 1 amide bonds. The zero-order valence-corrected chi connectivity index (χ0v) is 16.2. The van der Waals surface area contributed by atoms with E-state index >= 15 is 0 Å². The molecule has 1 atom stereocenters. The number of sulfonamides is 1. The van der Waals surface area contributed by atoms with Crippen molar-refractivity contribution in [1.82, 2.24) is 4.90 Å². The molecule has 0 spiro atoms. The molecule has 6 nitrogen and oxygen atoms in total. The van der Waals surface area contributed by atoms with E-state index in [4.69, 9.17) is 4.74 Å². The lowest BCUT2D eigenvalue weighted by Gasteiger charge is -2.33. The molecule has 144 valence electrons. The second-order valence-corrected chi connectivity index (χ2v) is 9.07. The van der Waals surface area contributed by atoms with Crippen LogP contribution in [0.1, 0.15) is 43.0 Å². The van der Waals surface area contributed by atoms with E-state index in [-0.39, 0.29) is 11.7 Å². The quantitative estimate of drug-likeness (QED) is 0.787. The average molecular weight is 381 g/mol. The predicted octanol–water partition coefficient (Wildman–Crippen LogP) is 2.51. The Balaban J connectivity index is 1.67. The lowest BCUT2D eigenvalue weighted by molar-refractivity contribution is 0.0501. The summed E-state index contributed by atoms with van der Waals surface area (Å²) in [6.45, 7) is 5.39. The van der Waals surface area contributed by atoms with E-state index in [9.17, 15) is 13.2 Å². The molecule has 26 heavy (non-hydrogen) atoms. The zero-order valence-electron chi connectivity index (χ0n) is 15.4. The summed E-state index contributed by atoms with van der Waals surface area (Å²) in [4.78, 5) is 14.7. The number of carbonyl (C=O) groups excluding carboxylic acids is 1. The van der Waals surface area contributed by atoms with Crippen molar-refractivity contribution in [3.8, 4) is 0 Å². The second kappa shape index (κ2) is 8.39. The summed E-state index contributed by atoms with van der Waals surface area (Å²) in [7, 11) is -3.22. The molecule has 0 aromatic heterocycles. The summed E-state index contributed by atoms with van der Waals surface area (Å²) >= 11 is 0. The number of ether oxygens (including phenoxy) is 1. The van der Waals surface area contributed by atoms with Gasteiger partial charge in [0.1, 0.15) is 0 Å². The number of benzene rings is 1. The van der Waals surface area contributed by atoms with Gasteiger partial charge in [0.05, 0.1) is 18.0 Å². The molecule has 7 heteroatoms. The van der Waals surface area contributed by atoms with Crippen molar-refractivity contribution in [1.29, 1.82) is 0 Å². The minimum absolute atomic E-state index is 0.0132. The number of likely N-dealkylation sites (tertiary alicyclic amines) is 1. The Hall–Kier alpha value is -1.60. The van der Waals surface area contributed by atoms with Crippen molar-refractivity contribution in [2.75, 3.05) is 42.9 Å². The third kappa shape index (κ3) is 4.38. The van der Waals surface area contributed by atoms with Crippen molar-refractivity contribution < 1.29 is 17.9 Å². The first kappa shape index (κ1) is 19.2. The van der Waals surface area contributed by atoms with Crippen LogP contribution in [0, 0.1) is 5.92 Å². The Morgan fingerprint density at radius 2 is 1.92 bits per heavy atom. The standard InChI is InChI=1S/C19H28N2O4S/c1-2-25-15-16-6-5-11-20(14-16)19(22)17-7-9-18(10-8-17)21-12-3-4-13-26(21,23)24/h7-10,16H,2-6,11-15H2,1H3. The van der Waals surface area contributed by atoms with E-state index in [1.165, 1.54) is 4.31 Å². The van der Waals surface area contributed by atoms with Gasteiger partial charge in [-0.3, -0.25) is 9.10 Å². The molecule has 2 aliphatic rings. The largest absolute Gasteiger partial charge is 0.381 e. The van der Waals surface area contributed by atoms with Gasteiger partial charge in [-0.1, -0.05) is 0 Å². The van der Waals surface area contributed by atoms with Crippen LogP contribution in [0.25, 0.3) is 0 Å². The van der Waals surface area contributed by atoms with Gasteiger partial charge in [-0.2, -0.15) is 0 Å². The molecule has 0 aliphatic carbocycles. The fourth-order valence-electron chi connectivity index (χ4n) is 3.70. The lowest BCUT2D eigenvalue weighted by Crippen LogP contribution is -2.41.